The van der Waals surface area contributed by atoms with Gasteiger partial charge in [0.25, 0.3) is 5.69 Å². The summed E-state index contributed by atoms with van der Waals surface area (Å²) in [4.78, 5) is 32.1. The molecule has 0 fully saturated rings. The number of rotatable bonds is 5. The highest BCUT2D eigenvalue weighted by Gasteiger charge is 2.13. The second kappa shape index (κ2) is 7.57. The standard InChI is InChI=1S/C12H14N4O6/c1-3-22-9-5-7(4-8(10(9)17)16(20)21)6-14-15-12(19)11(18)13-2/h4-6,17H,3H2,1-2H3,(H,13,18)(H,15,19)/p-1/b14-6-. The first-order valence-corrected chi connectivity index (χ1v) is 6.08. The fraction of sp³-hybridized carbons (Fsp3) is 0.250. The number of ether oxygens (including phenoxy) is 1. The van der Waals surface area contributed by atoms with Gasteiger partial charge in [-0.25, -0.2) is 5.43 Å². The number of hydrogen-bond donors (Lipinski definition) is 2. The Kier molecular flexibility index (Phi) is 5.81. The molecular formula is C12H13N4O6-. The lowest BCUT2D eigenvalue weighted by Crippen LogP contribution is -2.35. The molecule has 1 aromatic carbocycles. The molecular weight excluding hydrogens is 296 g/mol. The molecule has 0 unspecified atom stereocenters. The molecule has 22 heavy (non-hydrogen) atoms. The third-order valence-electron chi connectivity index (χ3n) is 2.37. The van der Waals surface area contributed by atoms with E-state index in [2.05, 4.69) is 10.4 Å². The first-order valence-electron chi connectivity index (χ1n) is 6.08. The van der Waals surface area contributed by atoms with Crippen LogP contribution in [0, 0.1) is 10.1 Å². The summed E-state index contributed by atoms with van der Waals surface area (Å²) in [5, 5.41) is 28.1. The lowest BCUT2D eigenvalue weighted by atomic mass is 10.2. The highest BCUT2D eigenvalue weighted by Crippen LogP contribution is 2.34. The van der Waals surface area contributed by atoms with Crippen LogP contribution in [0.1, 0.15) is 12.5 Å². The van der Waals surface area contributed by atoms with Crippen LogP contribution in [0.25, 0.3) is 0 Å². The topological polar surface area (TPSA) is 146 Å². The fourth-order valence-corrected chi connectivity index (χ4v) is 1.41. The monoisotopic (exact) mass is 309 g/mol. The molecule has 2 amide bonds. The van der Waals surface area contributed by atoms with E-state index in [4.69, 9.17) is 4.74 Å². The Hall–Kier alpha value is -3.17. The minimum Gasteiger partial charge on any atom is -0.865 e. The number of nitro benzene ring substituents is 1. The van der Waals surface area contributed by atoms with E-state index in [1.54, 1.807) is 6.92 Å². The van der Waals surface area contributed by atoms with Gasteiger partial charge in [-0.1, -0.05) is 0 Å². The zero-order valence-corrected chi connectivity index (χ0v) is 11.8. The largest absolute Gasteiger partial charge is 0.865 e. The van der Waals surface area contributed by atoms with Crippen molar-refractivity contribution in [1.29, 1.82) is 0 Å². The number of nitro groups is 1. The zero-order valence-electron chi connectivity index (χ0n) is 11.8. The number of benzene rings is 1. The highest BCUT2D eigenvalue weighted by atomic mass is 16.6. The van der Waals surface area contributed by atoms with Gasteiger partial charge < -0.3 is 15.2 Å². The van der Waals surface area contributed by atoms with Gasteiger partial charge in [-0.05, 0) is 13.0 Å². The van der Waals surface area contributed by atoms with Crippen molar-refractivity contribution < 1.29 is 24.4 Å². The Bertz CT molecular complexity index is 628. The molecule has 0 aromatic heterocycles. The van der Waals surface area contributed by atoms with Gasteiger partial charge in [-0.15, -0.1) is 0 Å². The van der Waals surface area contributed by atoms with E-state index in [-0.39, 0.29) is 17.9 Å². The SMILES string of the molecule is CCOc1cc(/C=N\NC(=O)C(=O)NC)cc([N+](=O)[O-])c1[O-]. The molecule has 1 rings (SSSR count). The number of nitrogens with zero attached hydrogens (tertiary/aromatic N) is 2. The highest BCUT2D eigenvalue weighted by molar-refractivity contribution is 6.34. The van der Waals surface area contributed by atoms with Crippen LogP contribution in [0.15, 0.2) is 17.2 Å². The Balaban J connectivity index is 3.02. The molecule has 10 heteroatoms. The maximum absolute atomic E-state index is 11.7. The number of hydrogen-bond acceptors (Lipinski definition) is 7. The van der Waals surface area contributed by atoms with Crippen molar-refractivity contribution in [3.05, 3.63) is 27.8 Å². The maximum Gasteiger partial charge on any atom is 0.329 e. The van der Waals surface area contributed by atoms with Crippen molar-refractivity contribution in [3.8, 4) is 11.5 Å². The van der Waals surface area contributed by atoms with Gasteiger partial charge in [0, 0.05) is 24.4 Å². The molecule has 0 bridgehead atoms. The summed E-state index contributed by atoms with van der Waals surface area (Å²) in [6.45, 7) is 1.77. The summed E-state index contributed by atoms with van der Waals surface area (Å²) in [6, 6.07) is 2.23. The Morgan fingerprint density at radius 3 is 2.64 bits per heavy atom. The van der Waals surface area contributed by atoms with Gasteiger partial charge in [-0.3, -0.25) is 19.7 Å². The van der Waals surface area contributed by atoms with Crippen LogP contribution < -0.4 is 20.6 Å². The van der Waals surface area contributed by atoms with E-state index >= 15 is 0 Å². The van der Waals surface area contributed by atoms with Crippen molar-refractivity contribution in [3.63, 3.8) is 0 Å². The summed E-state index contributed by atoms with van der Waals surface area (Å²) < 4.78 is 5.02. The number of carbonyl (C=O) groups is 2. The molecule has 1 aromatic rings. The number of nitrogens with one attached hydrogen (secondary N) is 2. The van der Waals surface area contributed by atoms with Crippen LogP contribution >= 0.6 is 0 Å². The fourth-order valence-electron chi connectivity index (χ4n) is 1.41. The summed E-state index contributed by atoms with van der Waals surface area (Å²) in [6.07, 6.45) is 1.05. The first-order chi connectivity index (χ1) is 10.4. The van der Waals surface area contributed by atoms with Crippen molar-refractivity contribution in [1.82, 2.24) is 10.7 Å². The van der Waals surface area contributed by atoms with Crippen LogP contribution in [0.5, 0.6) is 11.5 Å². The molecule has 10 nitrogen and oxygen atoms in total. The average molecular weight is 309 g/mol. The smallest absolute Gasteiger partial charge is 0.329 e. The molecule has 0 spiro atoms. The molecule has 0 atom stereocenters. The third-order valence-corrected chi connectivity index (χ3v) is 2.37. The Labute approximate surface area is 124 Å². The summed E-state index contributed by atoms with van der Waals surface area (Å²) in [5.41, 5.74) is 1.41. The summed E-state index contributed by atoms with van der Waals surface area (Å²) >= 11 is 0. The molecule has 118 valence electrons. The third kappa shape index (κ3) is 4.16. The van der Waals surface area contributed by atoms with Crippen LogP contribution in [0.4, 0.5) is 5.69 Å². The molecule has 0 radical (unpaired) electrons. The van der Waals surface area contributed by atoms with Crippen molar-refractivity contribution in [2.45, 2.75) is 6.92 Å². The normalized spacial score (nSPS) is 10.3. The maximum atomic E-state index is 11.7. The summed E-state index contributed by atoms with van der Waals surface area (Å²) in [5.74, 6) is -2.94. The second-order valence-corrected chi connectivity index (χ2v) is 3.84. The van der Waals surface area contributed by atoms with Gasteiger partial charge in [0.05, 0.1) is 17.7 Å². The van der Waals surface area contributed by atoms with Crippen molar-refractivity contribution in [2.75, 3.05) is 13.7 Å². The molecule has 0 aliphatic carbocycles. The van der Waals surface area contributed by atoms with Crippen molar-refractivity contribution >= 4 is 23.7 Å². The zero-order chi connectivity index (χ0) is 16.7. The van der Waals surface area contributed by atoms with Gasteiger partial charge in [0.1, 0.15) is 5.75 Å². The van der Waals surface area contributed by atoms with Crippen LogP contribution in [0.2, 0.25) is 0 Å². The molecule has 0 aliphatic rings. The number of hydrazone groups is 1. The minimum atomic E-state index is -1.00. The van der Waals surface area contributed by atoms with E-state index in [1.807, 2.05) is 5.43 Å². The predicted octanol–water partition coefficient (Wildman–Crippen LogP) is -0.737. The molecule has 0 aliphatic heterocycles. The van der Waals surface area contributed by atoms with E-state index in [0.717, 1.165) is 12.3 Å². The Morgan fingerprint density at radius 2 is 2.09 bits per heavy atom. The molecule has 0 saturated heterocycles. The quantitative estimate of drug-likeness (QED) is 0.317. The Morgan fingerprint density at radius 1 is 1.41 bits per heavy atom. The summed E-state index contributed by atoms with van der Waals surface area (Å²) in [7, 11) is 1.27. The molecule has 0 heterocycles. The van der Waals surface area contributed by atoms with Crippen LogP contribution in [-0.4, -0.2) is 36.6 Å². The van der Waals surface area contributed by atoms with Crippen molar-refractivity contribution in [2.24, 2.45) is 5.10 Å². The molecule has 2 N–H and O–H groups in total. The van der Waals surface area contributed by atoms with Gasteiger partial charge >= 0.3 is 11.8 Å². The lowest BCUT2D eigenvalue weighted by Gasteiger charge is -2.14. The predicted molar refractivity (Wildman–Crippen MR) is 73.5 cm³/mol. The van der Waals surface area contributed by atoms with Gasteiger partial charge in [-0.2, -0.15) is 5.10 Å². The van der Waals surface area contributed by atoms with Gasteiger partial charge in [0.2, 0.25) is 0 Å². The van der Waals surface area contributed by atoms with E-state index in [0.29, 0.717) is 0 Å². The van der Waals surface area contributed by atoms with E-state index in [1.165, 1.54) is 13.1 Å². The first kappa shape index (κ1) is 16.9. The number of amides is 2. The molecule has 0 saturated carbocycles. The van der Waals surface area contributed by atoms with E-state index < -0.39 is 28.2 Å². The number of likely N-dealkylation sites (N-methyl/N-ethyl adjacent to an activating group) is 1. The van der Waals surface area contributed by atoms with Gasteiger partial charge in [0.15, 0.2) is 0 Å². The average Bonchev–Trinajstić information content (AvgIpc) is 2.49. The minimum absolute atomic E-state index is 0.153. The lowest BCUT2D eigenvalue weighted by molar-refractivity contribution is -0.398. The number of carbonyl (C=O) groups excluding carboxylic acids is 2. The second-order valence-electron chi connectivity index (χ2n) is 3.84. The van der Waals surface area contributed by atoms with E-state index in [9.17, 15) is 24.8 Å². The van der Waals surface area contributed by atoms with Crippen LogP contribution in [-0.2, 0) is 9.59 Å². The van der Waals surface area contributed by atoms with Crippen LogP contribution in [0.3, 0.4) is 0 Å².